The second-order valence-corrected chi connectivity index (χ2v) is 7.07. The van der Waals surface area contributed by atoms with Crippen LogP contribution in [0.5, 0.6) is 0 Å². The van der Waals surface area contributed by atoms with Crippen LogP contribution in [-0.2, 0) is 6.18 Å². The van der Waals surface area contributed by atoms with Gasteiger partial charge in [-0.1, -0.05) is 6.07 Å². The van der Waals surface area contributed by atoms with Crippen LogP contribution in [0.3, 0.4) is 0 Å². The lowest BCUT2D eigenvalue weighted by Gasteiger charge is -2.16. The topological polar surface area (TPSA) is 66.0 Å². The molecule has 0 aliphatic rings. The maximum Gasteiger partial charge on any atom is 0.418 e. The van der Waals surface area contributed by atoms with Gasteiger partial charge in [-0.3, -0.25) is 4.98 Å². The van der Waals surface area contributed by atoms with Crippen LogP contribution in [0.15, 0.2) is 48.8 Å². The first kappa shape index (κ1) is 22.4. The molecule has 164 valence electrons. The van der Waals surface area contributed by atoms with Gasteiger partial charge in [0.2, 0.25) is 5.95 Å². The third-order valence-electron chi connectivity index (χ3n) is 4.34. The maximum absolute atomic E-state index is 14.3. The fourth-order valence-corrected chi connectivity index (χ4v) is 2.87. The molecule has 2 aromatic heterocycles. The average molecular weight is 434 g/mol. The van der Waals surface area contributed by atoms with E-state index in [4.69, 9.17) is 0 Å². The monoisotopic (exact) mass is 434 g/mol. The van der Waals surface area contributed by atoms with Crippen molar-refractivity contribution in [3.05, 3.63) is 60.2 Å². The van der Waals surface area contributed by atoms with Gasteiger partial charge in [0.05, 0.1) is 16.9 Å². The van der Waals surface area contributed by atoms with Crippen LogP contribution < -0.4 is 10.6 Å². The number of pyridine rings is 1. The summed E-state index contributed by atoms with van der Waals surface area (Å²) in [6.45, 7) is 1.40. The van der Waals surface area contributed by atoms with E-state index in [0.717, 1.165) is 31.2 Å². The summed E-state index contributed by atoms with van der Waals surface area (Å²) in [4.78, 5) is 14.7. The molecule has 31 heavy (non-hydrogen) atoms. The maximum atomic E-state index is 14.3. The molecule has 2 N–H and O–H groups in total. The van der Waals surface area contributed by atoms with Crippen LogP contribution in [0.1, 0.15) is 12.0 Å². The summed E-state index contributed by atoms with van der Waals surface area (Å²) >= 11 is 0. The molecular formula is C21H22F4N6. The molecule has 0 fully saturated rings. The van der Waals surface area contributed by atoms with Crippen LogP contribution >= 0.6 is 0 Å². The van der Waals surface area contributed by atoms with Crippen molar-refractivity contribution in [2.45, 2.75) is 12.6 Å². The SMILES string of the molecule is CN(C)CCCNc1nc(Nc2c(F)cccc2C(F)(F)F)cc(-c2ccncc2)n1. The molecule has 3 aromatic rings. The van der Waals surface area contributed by atoms with Gasteiger partial charge in [-0.25, -0.2) is 9.37 Å². The largest absolute Gasteiger partial charge is 0.418 e. The molecule has 0 atom stereocenters. The number of nitrogens with one attached hydrogen (secondary N) is 2. The first-order valence-corrected chi connectivity index (χ1v) is 9.55. The smallest absolute Gasteiger partial charge is 0.354 e. The molecule has 2 heterocycles. The predicted molar refractivity (Wildman–Crippen MR) is 112 cm³/mol. The van der Waals surface area contributed by atoms with Crippen molar-refractivity contribution in [2.24, 2.45) is 0 Å². The second kappa shape index (κ2) is 9.69. The van der Waals surface area contributed by atoms with Crippen LogP contribution in [0.25, 0.3) is 11.3 Å². The minimum Gasteiger partial charge on any atom is -0.354 e. The lowest BCUT2D eigenvalue weighted by Crippen LogP contribution is -2.17. The number of anilines is 3. The number of aromatic nitrogens is 3. The average Bonchev–Trinajstić information content (AvgIpc) is 2.72. The molecule has 0 unspecified atom stereocenters. The third kappa shape index (κ3) is 6.11. The number of hydrogen-bond donors (Lipinski definition) is 2. The van der Waals surface area contributed by atoms with Crippen molar-refractivity contribution in [3.8, 4) is 11.3 Å². The Morgan fingerprint density at radius 1 is 1.03 bits per heavy atom. The Labute approximate surface area is 177 Å². The number of rotatable bonds is 8. The zero-order chi connectivity index (χ0) is 22.4. The molecular weight excluding hydrogens is 412 g/mol. The van der Waals surface area contributed by atoms with Gasteiger partial charge in [0.25, 0.3) is 0 Å². The number of hydrogen-bond acceptors (Lipinski definition) is 6. The van der Waals surface area contributed by atoms with E-state index in [9.17, 15) is 17.6 Å². The molecule has 6 nitrogen and oxygen atoms in total. The molecule has 1 aromatic carbocycles. The van der Waals surface area contributed by atoms with Crippen LogP contribution in [0.2, 0.25) is 0 Å². The zero-order valence-corrected chi connectivity index (χ0v) is 17.0. The number of nitrogens with zero attached hydrogens (tertiary/aromatic N) is 4. The first-order valence-electron chi connectivity index (χ1n) is 9.55. The van der Waals surface area contributed by atoms with E-state index in [0.29, 0.717) is 17.8 Å². The Hall–Kier alpha value is -3.27. The highest BCUT2D eigenvalue weighted by atomic mass is 19.4. The lowest BCUT2D eigenvalue weighted by molar-refractivity contribution is -0.137. The zero-order valence-electron chi connectivity index (χ0n) is 17.0. The Balaban J connectivity index is 1.95. The Morgan fingerprint density at radius 3 is 2.45 bits per heavy atom. The molecule has 0 aliphatic carbocycles. The predicted octanol–water partition coefficient (Wildman–Crippen LogP) is 4.80. The van der Waals surface area contributed by atoms with Crippen LogP contribution in [0, 0.1) is 5.82 Å². The fraction of sp³-hybridized carbons (Fsp3) is 0.286. The molecule has 10 heteroatoms. The van der Waals surface area contributed by atoms with Gasteiger partial charge in [-0.2, -0.15) is 18.2 Å². The van der Waals surface area contributed by atoms with E-state index in [-0.39, 0.29) is 11.8 Å². The fourth-order valence-electron chi connectivity index (χ4n) is 2.87. The third-order valence-corrected chi connectivity index (χ3v) is 4.34. The molecule has 0 bridgehead atoms. The van der Waals surface area contributed by atoms with Gasteiger partial charge >= 0.3 is 6.18 Å². The summed E-state index contributed by atoms with van der Waals surface area (Å²) in [6, 6.07) is 7.69. The molecule has 0 spiro atoms. The van der Waals surface area contributed by atoms with Gasteiger partial charge in [-0.05, 0) is 51.3 Å². The lowest BCUT2D eigenvalue weighted by atomic mass is 10.1. The van der Waals surface area contributed by atoms with E-state index in [2.05, 4.69) is 25.6 Å². The minimum absolute atomic E-state index is 0.0347. The van der Waals surface area contributed by atoms with E-state index < -0.39 is 23.2 Å². The van der Waals surface area contributed by atoms with Crippen molar-refractivity contribution in [2.75, 3.05) is 37.8 Å². The highest BCUT2D eigenvalue weighted by molar-refractivity contribution is 5.69. The van der Waals surface area contributed by atoms with Crippen LogP contribution in [0.4, 0.5) is 35.0 Å². The normalized spacial score (nSPS) is 11.6. The molecule has 0 saturated heterocycles. The molecule has 3 rings (SSSR count). The number of alkyl halides is 3. The minimum atomic E-state index is -4.72. The standard InChI is InChI=1S/C21H22F4N6/c1-31(2)12-4-9-27-20-28-17(14-7-10-26-11-8-14)13-18(30-20)29-19-15(21(23,24)25)5-3-6-16(19)22/h3,5-8,10-11,13H,4,9,12H2,1-2H3,(H2,27,28,29,30). The number of benzene rings is 1. The quantitative estimate of drug-likeness (QED) is 0.392. The Morgan fingerprint density at radius 2 is 1.77 bits per heavy atom. The molecule has 0 saturated carbocycles. The van der Waals surface area contributed by atoms with Crippen molar-refractivity contribution < 1.29 is 17.6 Å². The Bertz CT molecular complexity index is 1010. The van der Waals surface area contributed by atoms with Gasteiger partial charge in [-0.15, -0.1) is 0 Å². The summed E-state index contributed by atoms with van der Waals surface area (Å²) in [5, 5.41) is 5.57. The van der Waals surface area contributed by atoms with Gasteiger partial charge in [0, 0.05) is 30.6 Å². The van der Waals surface area contributed by atoms with Crippen LogP contribution in [-0.4, -0.2) is 47.0 Å². The summed E-state index contributed by atoms with van der Waals surface area (Å²) in [5.74, 6) is -0.771. The number of halogens is 4. The summed E-state index contributed by atoms with van der Waals surface area (Å²) in [6.07, 6.45) is -0.760. The number of para-hydroxylation sites is 1. The van der Waals surface area contributed by atoms with Gasteiger partial charge in [0.15, 0.2) is 0 Å². The molecule has 0 radical (unpaired) electrons. The summed E-state index contributed by atoms with van der Waals surface area (Å²) in [7, 11) is 3.91. The van der Waals surface area contributed by atoms with Crippen molar-refractivity contribution in [3.63, 3.8) is 0 Å². The second-order valence-electron chi connectivity index (χ2n) is 7.07. The van der Waals surface area contributed by atoms with Crippen molar-refractivity contribution >= 4 is 17.5 Å². The van der Waals surface area contributed by atoms with Crippen molar-refractivity contribution in [1.29, 1.82) is 0 Å². The van der Waals surface area contributed by atoms with E-state index in [1.165, 1.54) is 6.07 Å². The van der Waals surface area contributed by atoms with E-state index in [1.807, 2.05) is 19.0 Å². The van der Waals surface area contributed by atoms with Gasteiger partial charge < -0.3 is 15.5 Å². The molecule has 0 aliphatic heterocycles. The highest BCUT2D eigenvalue weighted by Crippen LogP contribution is 2.37. The Kier molecular flexibility index (Phi) is 7.01. The molecule has 0 amide bonds. The summed E-state index contributed by atoms with van der Waals surface area (Å²) < 4.78 is 54.4. The summed E-state index contributed by atoms with van der Waals surface area (Å²) in [5.41, 5.74) is -0.647. The van der Waals surface area contributed by atoms with E-state index in [1.54, 1.807) is 24.5 Å². The van der Waals surface area contributed by atoms with E-state index >= 15 is 0 Å². The first-order chi connectivity index (χ1) is 14.7. The van der Waals surface area contributed by atoms with Gasteiger partial charge in [0.1, 0.15) is 11.6 Å². The van der Waals surface area contributed by atoms with Crippen molar-refractivity contribution in [1.82, 2.24) is 19.9 Å². The highest BCUT2D eigenvalue weighted by Gasteiger charge is 2.35.